The minimum absolute atomic E-state index is 0.176. The van der Waals surface area contributed by atoms with Crippen LogP contribution in [0.25, 0.3) is 10.4 Å². The molecule has 0 bridgehead atoms. The molecule has 5 nitrogen and oxygen atoms in total. The fourth-order valence-electron chi connectivity index (χ4n) is 1.15. The standard InChI is InChI=1S/C9H8ClN3O2/c10-4-8-3-6(9(14)15)1-2-7(8)5-12-13-11/h1-3H,4-5H2,(H,14,15). The van der Waals surface area contributed by atoms with Gasteiger partial charge in [-0.3, -0.25) is 0 Å². The van der Waals surface area contributed by atoms with Gasteiger partial charge in [0.2, 0.25) is 0 Å². The van der Waals surface area contributed by atoms with E-state index in [1.807, 2.05) is 0 Å². The number of carboxylic acids is 1. The van der Waals surface area contributed by atoms with Crippen LogP contribution in [0.2, 0.25) is 0 Å². The van der Waals surface area contributed by atoms with E-state index < -0.39 is 5.97 Å². The van der Waals surface area contributed by atoms with E-state index >= 15 is 0 Å². The average molecular weight is 226 g/mol. The summed E-state index contributed by atoms with van der Waals surface area (Å²) in [5, 5.41) is 12.1. The monoisotopic (exact) mass is 225 g/mol. The van der Waals surface area contributed by atoms with Gasteiger partial charge in [0.25, 0.3) is 0 Å². The van der Waals surface area contributed by atoms with Crippen LogP contribution < -0.4 is 0 Å². The Morgan fingerprint density at radius 1 is 1.53 bits per heavy atom. The Hall–Kier alpha value is -1.71. The molecule has 1 aromatic rings. The molecule has 0 heterocycles. The normalized spacial score (nSPS) is 9.40. The van der Waals surface area contributed by atoms with E-state index in [1.165, 1.54) is 12.1 Å². The number of aromatic carboxylic acids is 1. The van der Waals surface area contributed by atoms with Crippen molar-refractivity contribution in [2.45, 2.75) is 12.4 Å². The van der Waals surface area contributed by atoms with Crippen LogP contribution in [0.3, 0.4) is 0 Å². The fraction of sp³-hybridized carbons (Fsp3) is 0.222. The van der Waals surface area contributed by atoms with E-state index in [0.29, 0.717) is 5.56 Å². The van der Waals surface area contributed by atoms with Crippen LogP contribution in [0.4, 0.5) is 0 Å². The second-order valence-electron chi connectivity index (χ2n) is 2.81. The van der Waals surface area contributed by atoms with Crippen LogP contribution in [0, 0.1) is 0 Å². The molecule has 0 unspecified atom stereocenters. The summed E-state index contributed by atoms with van der Waals surface area (Å²) in [6.07, 6.45) is 0. The first kappa shape index (κ1) is 11.4. The number of hydrogen-bond donors (Lipinski definition) is 1. The van der Waals surface area contributed by atoms with Crippen molar-refractivity contribution in [3.63, 3.8) is 0 Å². The zero-order valence-electron chi connectivity index (χ0n) is 7.72. The number of alkyl halides is 1. The van der Waals surface area contributed by atoms with Crippen LogP contribution in [-0.4, -0.2) is 11.1 Å². The summed E-state index contributed by atoms with van der Waals surface area (Å²) in [6, 6.07) is 4.55. The zero-order chi connectivity index (χ0) is 11.3. The summed E-state index contributed by atoms with van der Waals surface area (Å²) < 4.78 is 0. The van der Waals surface area contributed by atoms with E-state index in [4.69, 9.17) is 22.2 Å². The number of benzene rings is 1. The van der Waals surface area contributed by atoms with E-state index in [9.17, 15) is 4.79 Å². The second-order valence-corrected chi connectivity index (χ2v) is 3.08. The Labute approximate surface area is 90.9 Å². The van der Waals surface area contributed by atoms with E-state index in [-0.39, 0.29) is 18.0 Å². The maximum absolute atomic E-state index is 10.7. The predicted molar refractivity (Wildman–Crippen MR) is 55.8 cm³/mol. The van der Waals surface area contributed by atoms with Gasteiger partial charge in [-0.05, 0) is 28.8 Å². The lowest BCUT2D eigenvalue weighted by atomic mass is 10.1. The molecule has 78 valence electrons. The average Bonchev–Trinajstić information content (AvgIpc) is 2.25. The molecule has 0 aliphatic heterocycles. The molecule has 6 heteroatoms. The van der Waals surface area contributed by atoms with E-state index in [1.54, 1.807) is 6.07 Å². The van der Waals surface area contributed by atoms with Crippen LogP contribution in [0.15, 0.2) is 23.3 Å². The van der Waals surface area contributed by atoms with Crippen LogP contribution in [-0.2, 0) is 12.4 Å². The maximum Gasteiger partial charge on any atom is 0.335 e. The Morgan fingerprint density at radius 2 is 2.27 bits per heavy atom. The van der Waals surface area contributed by atoms with Crippen LogP contribution >= 0.6 is 11.6 Å². The molecule has 15 heavy (non-hydrogen) atoms. The second kappa shape index (κ2) is 5.24. The fourth-order valence-corrected chi connectivity index (χ4v) is 1.39. The van der Waals surface area contributed by atoms with Crippen molar-refractivity contribution in [3.8, 4) is 0 Å². The van der Waals surface area contributed by atoms with Gasteiger partial charge in [-0.15, -0.1) is 11.6 Å². The van der Waals surface area contributed by atoms with Gasteiger partial charge in [0.1, 0.15) is 0 Å². The highest BCUT2D eigenvalue weighted by molar-refractivity contribution is 6.17. The number of carboxylic acid groups (broad SMARTS) is 1. The summed E-state index contributed by atoms with van der Waals surface area (Å²) in [5.41, 5.74) is 9.76. The number of halogens is 1. The quantitative estimate of drug-likeness (QED) is 0.370. The summed E-state index contributed by atoms with van der Waals surface area (Å²) >= 11 is 5.66. The molecule has 0 radical (unpaired) electrons. The minimum atomic E-state index is -1.00. The number of nitrogens with zero attached hydrogens (tertiary/aromatic N) is 3. The van der Waals surface area contributed by atoms with E-state index in [0.717, 1.165) is 5.56 Å². The highest BCUT2D eigenvalue weighted by atomic mass is 35.5. The number of rotatable bonds is 4. The van der Waals surface area contributed by atoms with Gasteiger partial charge in [-0.2, -0.15) is 0 Å². The van der Waals surface area contributed by atoms with Gasteiger partial charge in [0, 0.05) is 10.8 Å². The number of carbonyl (C=O) groups is 1. The van der Waals surface area contributed by atoms with Gasteiger partial charge in [0.05, 0.1) is 12.1 Å². The van der Waals surface area contributed by atoms with Crippen molar-refractivity contribution in [2.24, 2.45) is 5.11 Å². The maximum atomic E-state index is 10.7. The lowest BCUT2D eigenvalue weighted by Crippen LogP contribution is -1.99. The Kier molecular flexibility index (Phi) is 3.97. The van der Waals surface area contributed by atoms with Crippen LogP contribution in [0.5, 0.6) is 0 Å². The lowest BCUT2D eigenvalue weighted by molar-refractivity contribution is 0.0697. The molecule has 1 N–H and O–H groups in total. The molecule has 0 fully saturated rings. The first-order valence-corrected chi connectivity index (χ1v) is 4.64. The molecule has 0 atom stereocenters. The molecule has 0 amide bonds. The number of azide groups is 1. The summed E-state index contributed by atoms with van der Waals surface area (Å²) in [4.78, 5) is 13.3. The SMILES string of the molecule is [N-]=[N+]=NCc1ccc(C(=O)O)cc1CCl. The van der Waals surface area contributed by atoms with Crippen molar-refractivity contribution in [1.29, 1.82) is 0 Å². The minimum Gasteiger partial charge on any atom is -0.478 e. The van der Waals surface area contributed by atoms with Gasteiger partial charge in [0.15, 0.2) is 0 Å². The molecule has 1 aromatic carbocycles. The van der Waals surface area contributed by atoms with Crippen LogP contribution in [0.1, 0.15) is 21.5 Å². The molecule has 0 saturated heterocycles. The molecular formula is C9H8ClN3O2. The molecule has 1 rings (SSSR count). The van der Waals surface area contributed by atoms with Crippen molar-refractivity contribution in [1.82, 2.24) is 0 Å². The van der Waals surface area contributed by atoms with Crippen molar-refractivity contribution >= 4 is 17.6 Å². The molecular weight excluding hydrogens is 218 g/mol. The first-order valence-electron chi connectivity index (χ1n) is 4.11. The topological polar surface area (TPSA) is 86.1 Å². The summed E-state index contributed by atoms with van der Waals surface area (Å²) in [7, 11) is 0. The van der Waals surface area contributed by atoms with Gasteiger partial charge >= 0.3 is 5.97 Å². The summed E-state index contributed by atoms with van der Waals surface area (Å²) in [6.45, 7) is 0.179. The molecule has 0 saturated carbocycles. The third-order valence-corrected chi connectivity index (χ3v) is 2.19. The third kappa shape index (κ3) is 2.87. The highest BCUT2D eigenvalue weighted by Crippen LogP contribution is 2.15. The van der Waals surface area contributed by atoms with E-state index in [2.05, 4.69) is 10.0 Å². The Bertz CT molecular complexity index is 427. The van der Waals surface area contributed by atoms with Gasteiger partial charge in [-0.1, -0.05) is 11.2 Å². The van der Waals surface area contributed by atoms with Crippen molar-refractivity contribution in [2.75, 3.05) is 0 Å². The molecule has 0 spiro atoms. The number of hydrogen-bond acceptors (Lipinski definition) is 2. The third-order valence-electron chi connectivity index (χ3n) is 1.90. The van der Waals surface area contributed by atoms with Gasteiger partial charge in [-0.25, -0.2) is 4.79 Å². The van der Waals surface area contributed by atoms with Crippen molar-refractivity contribution in [3.05, 3.63) is 45.3 Å². The predicted octanol–water partition coefficient (Wildman–Crippen LogP) is 2.93. The first-order chi connectivity index (χ1) is 7.19. The van der Waals surface area contributed by atoms with Gasteiger partial charge < -0.3 is 5.11 Å². The smallest absolute Gasteiger partial charge is 0.335 e. The molecule has 0 aliphatic carbocycles. The van der Waals surface area contributed by atoms with Crippen molar-refractivity contribution < 1.29 is 9.90 Å². The molecule has 0 aliphatic rings. The highest BCUT2D eigenvalue weighted by Gasteiger charge is 2.06. The largest absolute Gasteiger partial charge is 0.478 e. The zero-order valence-corrected chi connectivity index (χ0v) is 8.48. The summed E-state index contributed by atoms with van der Waals surface area (Å²) in [5.74, 6) is -0.811. The lowest BCUT2D eigenvalue weighted by Gasteiger charge is -2.05. The molecule has 0 aromatic heterocycles. The Balaban J connectivity index is 3.08. The Morgan fingerprint density at radius 3 is 2.80 bits per heavy atom.